The number of thiophene rings is 1. The van der Waals surface area contributed by atoms with E-state index in [0.717, 1.165) is 9.77 Å². The Kier molecular flexibility index (Phi) is 5.17. The molecule has 2 heterocycles. The quantitative estimate of drug-likeness (QED) is 0.804. The molecule has 0 spiro atoms. The van der Waals surface area contributed by atoms with Gasteiger partial charge in [0, 0.05) is 22.2 Å². The molecule has 0 saturated heterocycles. The van der Waals surface area contributed by atoms with E-state index in [2.05, 4.69) is 10.3 Å². The summed E-state index contributed by atoms with van der Waals surface area (Å²) in [5, 5.41) is 15.0. The lowest BCUT2D eigenvalue weighted by Gasteiger charge is -2.22. The Morgan fingerprint density at radius 1 is 1.45 bits per heavy atom. The third kappa shape index (κ3) is 4.33. The van der Waals surface area contributed by atoms with Crippen molar-refractivity contribution in [3.05, 3.63) is 46.9 Å². The summed E-state index contributed by atoms with van der Waals surface area (Å²) < 4.78 is 0. The van der Waals surface area contributed by atoms with Gasteiger partial charge in [0.2, 0.25) is 5.91 Å². The van der Waals surface area contributed by atoms with E-state index in [0.29, 0.717) is 5.75 Å². The number of hydrogen-bond acceptors (Lipinski definition) is 5. The van der Waals surface area contributed by atoms with Gasteiger partial charge in [-0.05, 0) is 30.5 Å². The molecule has 6 heteroatoms. The molecule has 2 N–H and O–H groups in total. The Morgan fingerprint density at radius 3 is 2.85 bits per heavy atom. The van der Waals surface area contributed by atoms with E-state index < -0.39 is 5.60 Å². The third-order valence-electron chi connectivity index (χ3n) is 2.70. The van der Waals surface area contributed by atoms with Gasteiger partial charge in [-0.25, -0.2) is 0 Å². The maximum Gasteiger partial charge on any atom is 0.230 e. The van der Waals surface area contributed by atoms with Gasteiger partial charge in [0.15, 0.2) is 0 Å². The number of hydrogen-bond donors (Lipinski definition) is 2. The fourth-order valence-electron chi connectivity index (χ4n) is 1.58. The summed E-state index contributed by atoms with van der Waals surface area (Å²) in [6, 6.07) is 7.47. The number of nitrogens with one attached hydrogen (secondary N) is 1. The molecule has 2 rings (SSSR count). The summed E-state index contributed by atoms with van der Waals surface area (Å²) in [7, 11) is 0. The van der Waals surface area contributed by atoms with Crippen LogP contribution >= 0.6 is 23.1 Å². The van der Waals surface area contributed by atoms with E-state index in [-0.39, 0.29) is 12.5 Å². The summed E-state index contributed by atoms with van der Waals surface area (Å²) in [5.74, 6) is 0.230. The van der Waals surface area contributed by atoms with Gasteiger partial charge in [-0.3, -0.25) is 9.78 Å². The van der Waals surface area contributed by atoms with Crippen LogP contribution in [0.2, 0.25) is 0 Å². The van der Waals surface area contributed by atoms with Crippen molar-refractivity contribution in [2.24, 2.45) is 0 Å². The average molecular weight is 308 g/mol. The highest BCUT2D eigenvalue weighted by molar-refractivity contribution is 8.00. The first-order valence-electron chi connectivity index (χ1n) is 6.14. The van der Waals surface area contributed by atoms with Gasteiger partial charge in [-0.15, -0.1) is 23.1 Å². The highest BCUT2D eigenvalue weighted by Crippen LogP contribution is 2.24. The fourth-order valence-corrected chi connectivity index (χ4v) is 3.08. The van der Waals surface area contributed by atoms with Crippen molar-refractivity contribution in [3.63, 3.8) is 0 Å². The normalized spacial score (nSPS) is 13.7. The van der Waals surface area contributed by atoms with Crippen molar-refractivity contribution in [3.8, 4) is 0 Å². The van der Waals surface area contributed by atoms with Crippen LogP contribution in [0.15, 0.2) is 46.9 Å². The Labute approximate surface area is 126 Å². The molecule has 20 heavy (non-hydrogen) atoms. The predicted octanol–water partition coefficient (Wildman–Crippen LogP) is 2.26. The van der Waals surface area contributed by atoms with Crippen molar-refractivity contribution < 1.29 is 9.90 Å². The maximum atomic E-state index is 11.8. The van der Waals surface area contributed by atoms with Gasteiger partial charge in [-0.1, -0.05) is 6.07 Å². The Balaban J connectivity index is 1.78. The number of aromatic nitrogens is 1. The topological polar surface area (TPSA) is 62.2 Å². The lowest BCUT2D eigenvalue weighted by atomic mass is 10.1. The van der Waals surface area contributed by atoms with Crippen molar-refractivity contribution in [1.82, 2.24) is 10.3 Å². The monoisotopic (exact) mass is 308 g/mol. The molecular weight excluding hydrogens is 292 g/mol. The highest BCUT2D eigenvalue weighted by atomic mass is 32.2. The molecule has 0 radical (unpaired) electrons. The van der Waals surface area contributed by atoms with Gasteiger partial charge in [0.05, 0.1) is 12.3 Å². The molecule has 1 amide bonds. The summed E-state index contributed by atoms with van der Waals surface area (Å²) in [4.78, 5) is 17.5. The molecular formula is C14H16N2O2S2. The minimum atomic E-state index is -1.02. The smallest absolute Gasteiger partial charge is 0.230 e. The number of carbonyl (C=O) groups excluding carboxylic acids is 1. The Bertz CT molecular complexity index is 542. The predicted molar refractivity (Wildman–Crippen MR) is 81.9 cm³/mol. The number of carbonyl (C=O) groups is 1. The van der Waals surface area contributed by atoms with E-state index in [4.69, 9.17) is 0 Å². The molecule has 0 saturated carbocycles. The molecule has 1 unspecified atom stereocenters. The van der Waals surface area contributed by atoms with Crippen LogP contribution in [0, 0.1) is 0 Å². The summed E-state index contributed by atoms with van der Waals surface area (Å²) in [5.41, 5.74) is -1.02. The van der Waals surface area contributed by atoms with Crippen LogP contribution in [-0.4, -0.2) is 28.3 Å². The molecule has 0 aliphatic carbocycles. The summed E-state index contributed by atoms with van der Waals surface area (Å²) in [6.45, 7) is 1.92. The first-order chi connectivity index (χ1) is 9.58. The first-order valence-corrected chi connectivity index (χ1v) is 8.00. The SMILES string of the molecule is CC(O)(CNC(=O)CSc1ccncc1)c1cccs1. The number of aliphatic hydroxyl groups is 1. The van der Waals surface area contributed by atoms with E-state index in [9.17, 15) is 9.90 Å². The second-order valence-corrected chi connectivity index (χ2v) is 6.50. The third-order valence-corrected chi connectivity index (χ3v) is 4.84. The Hall–Kier alpha value is -1.37. The van der Waals surface area contributed by atoms with E-state index in [1.54, 1.807) is 19.3 Å². The number of nitrogens with zero attached hydrogens (tertiary/aromatic N) is 1. The van der Waals surface area contributed by atoms with Gasteiger partial charge in [-0.2, -0.15) is 0 Å². The van der Waals surface area contributed by atoms with Crippen molar-refractivity contribution in [2.75, 3.05) is 12.3 Å². The van der Waals surface area contributed by atoms with E-state index >= 15 is 0 Å². The number of rotatable bonds is 6. The van der Waals surface area contributed by atoms with Crippen molar-refractivity contribution in [2.45, 2.75) is 17.4 Å². The zero-order valence-corrected chi connectivity index (χ0v) is 12.7. The molecule has 0 fully saturated rings. The highest BCUT2D eigenvalue weighted by Gasteiger charge is 2.24. The van der Waals surface area contributed by atoms with Gasteiger partial charge in [0.1, 0.15) is 5.60 Å². The minimum absolute atomic E-state index is 0.0938. The molecule has 106 valence electrons. The van der Waals surface area contributed by atoms with Crippen molar-refractivity contribution >= 4 is 29.0 Å². The maximum absolute atomic E-state index is 11.8. The first kappa shape index (κ1) is 15.0. The summed E-state index contributed by atoms with van der Waals surface area (Å²) in [6.07, 6.45) is 3.39. The number of thioether (sulfide) groups is 1. The lowest BCUT2D eigenvalue weighted by molar-refractivity contribution is -0.119. The lowest BCUT2D eigenvalue weighted by Crippen LogP contribution is -2.38. The van der Waals surface area contributed by atoms with Gasteiger partial charge in [0.25, 0.3) is 0 Å². The van der Waals surface area contributed by atoms with Crippen LogP contribution in [0.3, 0.4) is 0 Å². The number of pyridine rings is 1. The molecule has 2 aromatic rings. The molecule has 0 aliphatic rings. The average Bonchev–Trinajstić information content (AvgIpc) is 2.99. The fraction of sp³-hybridized carbons (Fsp3) is 0.286. The summed E-state index contributed by atoms with van der Waals surface area (Å²) >= 11 is 2.92. The van der Waals surface area contributed by atoms with Crippen LogP contribution in [0.1, 0.15) is 11.8 Å². The molecule has 0 bridgehead atoms. The molecule has 2 aromatic heterocycles. The molecule has 4 nitrogen and oxygen atoms in total. The van der Waals surface area contributed by atoms with E-state index in [1.807, 2.05) is 29.6 Å². The van der Waals surface area contributed by atoms with Crippen LogP contribution < -0.4 is 5.32 Å². The largest absolute Gasteiger partial charge is 0.383 e. The molecule has 0 aromatic carbocycles. The molecule has 1 atom stereocenters. The molecule has 0 aliphatic heterocycles. The zero-order valence-electron chi connectivity index (χ0n) is 11.1. The van der Waals surface area contributed by atoms with E-state index in [1.165, 1.54) is 23.1 Å². The van der Waals surface area contributed by atoms with Gasteiger partial charge < -0.3 is 10.4 Å². The second-order valence-electron chi connectivity index (χ2n) is 4.50. The number of amides is 1. The Morgan fingerprint density at radius 2 is 2.20 bits per heavy atom. The van der Waals surface area contributed by atoms with Gasteiger partial charge >= 0.3 is 0 Å². The van der Waals surface area contributed by atoms with Crippen LogP contribution in [0.25, 0.3) is 0 Å². The standard InChI is InChI=1S/C14H16N2O2S2/c1-14(18,12-3-2-8-19-12)10-16-13(17)9-20-11-4-6-15-7-5-11/h2-8,18H,9-10H2,1H3,(H,16,17). The second kappa shape index (κ2) is 6.88. The van der Waals surface area contributed by atoms with Crippen LogP contribution in [-0.2, 0) is 10.4 Å². The minimum Gasteiger partial charge on any atom is -0.383 e. The zero-order chi connectivity index (χ0) is 14.4. The van der Waals surface area contributed by atoms with Crippen LogP contribution in [0.4, 0.5) is 0 Å². The van der Waals surface area contributed by atoms with Crippen molar-refractivity contribution in [1.29, 1.82) is 0 Å². The van der Waals surface area contributed by atoms with Crippen LogP contribution in [0.5, 0.6) is 0 Å².